The molecular weight excluding hydrogens is 236 g/mol. The molecule has 106 valence electrons. The van der Waals surface area contributed by atoms with Crippen molar-refractivity contribution in [3.63, 3.8) is 0 Å². The van der Waals surface area contributed by atoms with Gasteiger partial charge in [0.1, 0.15) is 5.75 Å². The number of ether oxygens (including phenoxy) is 1. The normalized spacial score (nSPS) is 21.1. The van der Waals surface area contributed by atoms with Crippen LogP contribution in [0.1, 0.15) is 58.2 Å². The van der Waals surface area contributed by atoms with E-state index in [1.165, 1.54) is 12.8 Å². The molecule has 0 bridgehead atoms. The first-order chi connectivity index (χ1) is 9.00. The first-order valence-corrected chi connectivity index (χ1v) is 7.30. The van der Waals surface area contributed by atoms with Gasteiger partial charge in [-0.25, -0.2) is 0 Å². The van der Waals surface area contributed by atoms with Gasteiger partial charge in [-0.3, -0.25) is 4.98 Å². The summed E-state index contributed by atoms with van der Waals surface area (Å²) in [6.07, 6.45) is 7.02. The Kier molecular flexibility index (Phi) is 4.46. The Bertz CT molecular complexity index is 390. The third-order valence-electron chi connectivity index (χ3n) is 4.22. The van der Waals surface area contributed by atoms with E-state index >= 15 is 0 Å². The molecule has 2 rings (SSSR count). The van der Waals surface area contributed by atoms with Gasteiger partial charge in [-0.1, -0.05) is 13.8 Å². The van der Waals surface area contributed by atoms with E-state index in [9.17, 15) is 0 Å². The largest absolute Gasteiger partial charge is 0.489 e. The van der Waals surface area contributed by atoms with Crippen LogP contribution in [0.4, 0.5) is 0 Å². The van der Waals surface area contributed by atoms with Gasteiger partial charge >= 0.3 is 0 Å². The van der Waals surface area contributed by atoms with Crippen molar-refractivity contribution in [3.8, 4) is 5.75 Å². The second-order valence-corrected chi connectivity index (χ2v) is 6.41. The fourth-order valence-electron chi connectivity index (χ4n) is 2.55. The molecule has 0 aromatic carbocycles. The molecule has 1 aromatic rings. The second kappa shape index (κ2) is 5.91. The Morgan fingerprint density at radius 3 is 2.53 bits per heavy atom. The van der Waals surface area contributed by atoms with Crippen LogP contribution in [0.15, 0.2) is 18.3 Å². The summed E-state index contributed by atoms with van der Waals surface area (Å²) in [6.45, 7) is 6.80. The molecule has 1 aliphatic carbocycles. The Balaban J connectivity index is 1.90. The molecule has 0 saturated heterocycles. The first-order valence-electron chi connectivity index (χ1n) is 7.30. The minimum atomic E-state index is 0.282. The molecule has 19 heavy (non-hydrogen) atoms. The van der Waals surface area contributed by atoms with Crippen LogP contribution in [0, 0.1) is 5.41 Å². The van der Waals surface area contributed by atoms with Crippen LogP contribution in [0.2, 0.25) is 0 Å². The summed E-state index contributed by atoms with van der Waals surface area (Å²) >= 11 is 0. The summed E-state index contributed by atoms with van der Waals surface area (Å²) in [5, 5.41) is 3.19. The van der Waals surface area contributed by atoms with Gasteiger partial charge in [0, 0.05) is 6.04 Å². The minimum absolute atomic E-state index is 0.282. The number of nitrogens with one attached hydrogen (secondary N) is 1. The minimum Gasteiger partial charge on any atom is -0.489 e. The van der Waals surface area contributed by atoms with Gasteiger partial charge in [-0.2, -0.15) is 0 Å². The molecule has 1 aromatic heterocycles. The molecule has 1 N–H and O–H groups in total. The molecule has 0 aliphatic heterocycles. The Morgan fingerprint density at radius 1 is 1.32 bits per heavy atom. The maximum absolute atomic E-state index is 6.03. The van der Waals surface area contributed by atoms with Crippen LogP contribution >= 0.6 is 0 Å². The van der Waals surface area contributed by atoms with Crippen LogP contribution in [0.3, 0.4) is 0 Å². The van der Waals surface area contributed by atoms with E-state index in [-0.39, 0.29) is 6.04 Å². The van der Waals surface area contributed by atoms with Crippen molar-refractivity contribution in [2.75, 3.05) is 7.05 Å². The van der Waals surface area contributed by atoms with E-state index in [2.05, 4.69) is 31.1 Å². The Labute approximate surface area is 116 Å². The highest BCUT2D eigenvalue weighted by atomic mass is 16.5. The predicted molar refractivity (Wildman–Crippen MR) is 78.4 cm³/mol. The molecule has 1 aliphatic rings. The maximum Gasteiger partial charge on any atom is 0.138 e. The summed E-state index contributed by atoms with van der Waals surface area (Å²) in [5.41, 5.74) is 1.55. The van der Waals surface area contributed by atoms with E-state index in [0.717, 1.165) is 24.3 Å². The lowest BCUT2D eigenvalue weighted by molar-refractivity contribution is 0.0984. The van der Waals surface area contributed by atoms with E-state index in [1.807, 2.05) is 25.4 Å². The summed E-state index contributed by atoms with van der Waals surface area (Å²) in [4.78, 5) is 4.46. The maximum atomic E-state index is 6.03. The van der Waals surface area contributed by atoms with Crippen molar-refractivity contribution in [1.29, 1.82) is 0 Å². The molecule has 1 fully saturated rings. The molecule has 0 amide bonds. The van der Waals surface area contributed by atoms with Gasteiger partial charge in [-0.05, 0) is 57.2 Å². The van der Waals surface area contributed by atoms with E-state index < -0.39 is 0 Å². The zero-order valence-electron chi connectivity index (χ0n) is 12.6. The summed E-state index contributed by atoms with van der Waals surface area (Å²) in [6, 6.07) is 4.36. The average Bonchev–Trinajstić information content (AvgIpc) is 2.41. The second-order valence-electron chi connectivity index (χ2n) is 6.41. The first kappa shape index (κ1) is 14.3. The molecule has 1 unspecified atom stereocenters. The molecule has 1 atom stereocenters. The van der Waals surface area contributed by atoms with Gasteiger partial charge in [0.25, 0.3) is 0 Å². The Hall–Kier alpha value is -1.09. The summed E-state index contributed by atoms with van der Waals surface area (Å²) < 4.78 is 6.03. The van der Waals surface area contributed by atoms with Crippen LogP contribution < -0.4 is 10.1 Å². The van der Waals surface area contributed by atoms with Gasteiger partial charge < -0.3 is 10.1 Å². The molecule has 1 saturated carbocycles. The van der Waals surface area contributed by atoms with Crippen LogP contribution in [-0.2, 0) is 0 Å². The number of nitrogens with zero attached hydrogens (tertiary/aromatic N) is 1. The van der Waals surface area contributed by atoms with Crippen LogP contribution in [0.25, 0.3) is 0 Å². The highest BCUT2D eigenvalue weighted by Gasteiger charge is 2.27. The highest BCUT2D eigenvalue weighted by molar-refractivity contribution is 5.21. The molecular formula is C16H26N2O. The van der Waals surface area contributed by atoms with Crippen molar-refractivity contribution >= 4 is 0 Å². The smallest absolute Gasteiger partial charge is 0.138 e. The molecule has 3 heteroatoms. The van der Waals surface area contributed by atoms with Crippen LogP contribution in [-0.4, -0.2) is 18.1 Å². The van der Waals surface area contributed by atoms with E-state index in [0.29, 0.717) is 11.5 Å². The average molecular weight is 262 g/mol. The number of hydrogen-bond donors (Lipinski definition) is 1. The van der Waals surface area contributed by atoms with Crippen molar-refractivity contribution in [2.24, 2.45) is 5.41 Å². The standard InChI is InChI=1S/C16H26N2O/c1-12(17-4)15-6-5-14(11-18-15)19-13-7-9-16(2,3)10-8-13/h5-6,11-13,17H,7-10H2,1-4H3. The summed E-state index contributed by atoms with van der Waals surface area (Å²) in [7, 11) is 1.94. The third kappa shape index (κ3) is 3.93. The Morgan fingerprint density at radius 2 is 2.00 bits per heavy atom. The fourth-order valence-corrected chi connectivity index (χ4v) is 2.55. The topological polar surface area (TPSA) is 34.1 Å². The van der Waals surface area contributed by atoms with Gasteiger partial charge in [0.15, 0.2) is 0 Å². The fraction of sp³-hybridized carbons (Fsp3) is 0.688. The number of hydrogen-bond acceptors (Lipinski definition) is 3. The van der Waals surface area contributed by atoms with E-state index in [1.54, 1.807) is 0 Å². The van der Waals surface area contributed by atoms with Crippen molar-refractivity contribution in [3.05, 3.63) is 24.0 Å². The lowest BCUT2D eigenvalue weighted by Crippen LogP contribution is -2.28. The number of pyridine rings is 1. The van der Waals surface area contributed by atoms with Gasteiger partial charge in [0.2, 0.25) is 0 Å². The molecule has 1 heterocycles. The third-order valence-corrected chi connectivity index (χ3v) is 4.22. The molecule has 0 radical (unpaired) electrons. The van der Waals surface area contributed by atoms with Crippen molar-refractivity contribution in [2.45, 2.75) is 58.6 Å². The van der Waals surface area contributed by atoms with E-state index in [4.69, 9.17) is 4.74 Å². The van der Waals surface area contributed by atoms with Gasteiger partial charge in [0.05, 0.1) is 18.0 Å². The highest BCUT2D eigenvalue weighted by Crippen LogP contribution is 2.36. The van der Waals surface area contributed by atoms with Crippen molar-refractivity contribution in [1.82, 2.24) is 10.3 Å². The van der Waals surface area contributed by atoms with Gasteiger partial charge in [-0.15, -0.1) is 0 Å². The zero-order chi connectivity index (χ0) is 13.9. The summed E-state index contributed by atoms with van der Waals surface area (Å²) in [5.74, 6) is 0.900. The molecule has 3 nitrogen and oxygen atoms in total. The SMILES string of the molecule is CNC(C)c1ccc(OC2CCC(C)(C)CC2)cn1. The zero-order valence-corrected chi connectivity index (χ0v) is 12.6. The number of rotatable bonds is 4. The van der Waals surface area contributed by atoms with Crippen molar-refractivity contribution < 1.29 is 4.74 Å². The lowest BCUT2D eigenvalue weighted by Gasteiger charge is -2.34. The molecule has 0 spiro atoms. The monoisotopic (exact) mass is 262 g/mol. The quantitative estimate of drug-likeness (QED) is 0.898. The predicted octanol–water partition coefficient (Wildman–Crippen LogP) is 3.71. The number of aromatic nitrogens is 1. The lowest BCUT2D eigenvalue weighted by atomic mass is 9.76. The van der Waals surface area contributed by atoms with Crippen LogP contribution in [0.5, 0.6) is 5.75 Å².